The van der Waals surface area contributed by atoms with Crippen LogP contribution in [0.1, 0.15) is 18.7 Å². The van der Waals surface area contributed by atoms with Crippen molar-refractivity contribution in [3.8, 4) is 0 Å². The molecule has 0 radical (unpaired) electrons. The molecule has 0 bridgehead atoms. The van der Waals surface area contributed by atoms with Gasteiger partial charge in [-0.05, 0) is 63.6 Å². The highest BCUT2D eigenvalue weighted by Crippen LogP contribution is 2.23. The van der Waals surface area contributed by atoms with E-state index in [0.717, 1.165) is 18.8 Å². The van der Waals surface area contributed by atoms with Gasteiger partial charge in [-0.3, -0.25) is 0 Å². The Bertz CT molecular complexity index is 678. The van der Waals surface area contributed by atoms with Gasteiger partial charge in [-0.25, -0.2) is 4.39 Å². The Morgan fingerprint density at radius 1 is 1.33 bits per heavy atom. The van der Waals surface area contributed by atoms with E-state index in [-0.39, 0.29) is 11.1 Å². The normalized spacial score (nSPS) is 12.2. The van der Waals surface area contributed by atoms with Gasteiger partial charge in [0.25, 0.3) is 0 Å². The number of halogens is 2. The third-order valence-corrected chi connectivity index (χ3v) is 4.27. The maximum absolute atomic E-state index is 13.3. The molecule has 1 heterocycles. The fraction of sp³-hybridized carbons (Fsp3) is 0.353. The number of hydrogen-bond donors (Lipinski definition) is 1. The first-order chi connectivity index (χ1) is 11.4. The van der Waals surface area contributed by atoms with Crippen molar-refractivity contribution in [2.24, 2.45) is 0 Å². The van der Waals surface area contributed by atoms with Gasteiger partial charge >= 0.3 is 0 Å². The zero-order valence-corrected chi connectivity index (χ0v) is 15.5. The van der Waals surface area contributed by atoms with Crippen LogP contribution in [0.3, 0.4) is 0 Å². The van der Waals surface area contributed by atoms with Crippen LogP contribution in [0, 0.1) is 5.82 Å². The molecule has 1 atom stereocenters. The van der Waals surface area contributed by atoms with Crippen LogP contribution >= 0.6 is 23.8 Å². The summed E-state index contributed by atoms with van der Waals surface area (Å²) in [7, 11) is 4.01. The summed E-state index contributed by atoms with van der Waals surface area (Å²) in [6, 6.07) is 8.18. The number of hydrogen-bond acceptors (Lipinski definition) is 3. The third-order valence-electron chi connectivity index (χ3n) is 3.64. The first-order valence-corrected chi connectivity index (χ1v) is 8.38. The second-order valence-corrected chi connectivity index (χ2v) is 6.54. The average Bonchev–Trinajstić information content (AvgIpc) is 3.05. The number of thiocarbonyl (C=S) groups is 1. The predicted molar refractivity (Wildman–Crippen MR) is 100 cm³/mol. The number of nitrogens with zero attached hydrogens (tertiary/aromatic N) is 2. The lowest BCUT2D eigenvalue weighted by molar-refractivity contribution is 0.263. The van der Waals surface area contributed by atoms with Crippen LogP contribution in [0.5, 0.6) is 0 Å². The molecular weight excluding hydrogens is 349 g/mol. The second kappa shape index (κ2) is 8.46. The van der Waals surface area contributed by atoms with Crippen molar-refractivity contribution >= 4 is 34.6 Å². The van der Waals surface area contributed by atoms with Crippen LogP contribution < -0.4 is 5.32 Å². The summed E-state index contributed by atoms with van der Waals surface area (Å²) in [4.78, 5) is 4.12. The summed E-state index contributed by atoms with van der Waals surface area (Å²) < 4.78 is 18.8. The van der Waals surface area contributed by atoms with E-state index < -0.39 is 5.82 Å². The molecule has 7 heteroatoms. The minimum atomic E-state index is -0.457. The molecule has 1 aromatic heterocycles. The van der Waals surface area contributed by atoms with E-state index in [1.807, 2.05) is 38.1 Å². The Balaban J connectivity index is 2.15. The van der Waals surface area contributed by atoms with E-state index in [1.165, 1.54) is 12.1 Å². The smallest absolute Gasteiger partial charge is 0.174 e. The second-order valence-electron chi connectivity index (χ2n) is 5.75. The lowest BCUT2D eigenvalue weighted by atomic mass is 10.2. The van der Waals surface area contributed by atoms with E-state index in [9.17, 15) is 4.39 Å². The molecule has 1 N–H and O–H groups in total. The van der Waals surface area contributed by atoms with E-state index >= 15 is 0 Å². The molecule has 0 fully saturated rings. The zero-order valence-electron chi connectivity index (χ0n) is 13.9. The SMILES string of the molecule is C[C@@H](c1ccco1)N(CCN(C)C)C(=S)Nc1ccc(F)c(Cl)c1. The fourth-order valence-electron chi connectivity index (χ4n) is 2.23. The summed E-state index contributed by atoms with van der Waals surface area (Å²) >= 11 is 11.4. The molecule has 0 aliphatic heterocycles. The molecule has 0 amide bonds. The van der Waals surface area contributed by atoms with Crippen molar-refractivity contribution < 1.29 is 8.81 Å². The lowest BCUT2D eigenvalue weighted by Gasteiger charge is -2.31. The van der Waals surface area contributed by atoms with Gasteiger partial charge in [0.05, 0.1) is 17.3 Å². The van der Waals surface area contributed by atoms with Crippen molar-refractivity contribution in [1.29, 1.82) is 0 Å². The number of rotatable bonds is 6. The van der Waals surface area contributed by atoms with E-state index in [1.54, 1.807) is 12.3 Å². The Hall–Kier alpha value is -1.63. The molecule has 0 spiro atoms. The zero-order chi connectivity index (χ0) is 17.7. The monoisotopic (exact) mass is 369 g/mol. The van der Waals surface area contributed by atoms with Crippen molar-refractivity contribution in [3.63, 3.8) is 0 Å². The number of anilines is 1. The first kappa shape index (κ1) is 18.7. The van der Waals surface area contributed by atoms with Crippen molar-refractivity contribution in [1.82, 2.24) is 9.80 Å². The standard InChI is InChI=1S/C17H21ClFN3OS/c1-12(16-5-4-10-23-16)22(9-8-21(2)3)17(24)20-13-6-7-15(19)14(18)11-13/h4-7,10-12H,8-9H2,1-3H3,(H,20,24)/t12-/m0/s1. The maximum atomic E-state index is 13.3. The minimum absolute atomic E-state index is 0.0316. The molecule has 24 heavy (non-hydrogen) atoms. The molecular formula is C17H21ClFN3OS. The number of likely N-dealkylation sites (N-methyl/N-ethyl adjacent to an activating group) is 1. The Morgan fingerprint density at radius 3 is 2.67 bits per heavy atom. The molecule has 0 saturated carbocycles. The highest BCUT2D eigenvalue weighted by Gasteiger charge is 2.21. The van der Waals surface area contributed by atoms with Gasteiger partial charge in [0.2, 0.25) is 0 Å². The maximum Gasteiger partial charge on any atom is 0.174 e. The molecule has 0 aliphatic carbocycles. The number of benzene rings is 1. The minimum Gasteiger partial charge on any atom is -0.467 e. The van der Waals surface area contributed by atoms with Crippen LogP contribution in [0.25, 0.3) is 0 Å². The van der Waals surface area contributed by atoms with Crippen molar-refractivity contribution in [2.45, 2.75) is 13.0 Å². The third kappa shape index (κ3) is 4.93. The highest BCUT2D eigenvalue weighted by atomic mass is 35.5. The molecule has 2 rings (SSSR count). The van der Waals surface area contributed by atoms with Crippen LogP contribution in [0.4, 0.5) is 10.1 Å². The number of nitrogens with one attached hydrogen (secondary N) is 1. The largest absolute Gasteiger partial charge is 0.467 e. The van der Waals surface area contributed by atoms with Crippen molar-refractivity contribution in [3.05, 3.63) is 53.2 Å². The highest BCUT2D eigenvalue weighted by molar-refractivity contribution is 7.80. The summed E-state index contributed by atoms with van der Waals surface area (Å²) in [5.41, 5.74) is 0.646. The molecule has 0 saturated heterocycles. The Kier molecular flexibility index (Phi) is 6.60. The van der Waals surface area contributed by atoms with E-state index in [0.29, 0.717) is 10.8 Å². The van der Waals surface area contributed by atoms with Crippen LogP contribution in [0.15, 0.2) is 41.0 Å². The molecule has 130 valence electrons. The van der Waals surface area contributed by atoms with Gasteiger partial charge in [-0.2, -0.15) is 0 Å². The summed E-state index contributed by atoms with van der Waals surface area (Å²) in [5, 5.41) is 3.71. The molecule has 4 nitrogen and oxygen atoms in total. The summed E-state index contributed by atoms with van der Waals surface area (Å²) in [5.74, 6) is 0.372. The van der Waals surface area contributed by atoms with Crippen LogP contribution in [-0.4, -0.2) is 42.1 Å². The van der Waals surface area contributed by atoms with Gasteiger partial charge in [-0.1, -0.05) is 11.6 Å². The Morgan fingerprint density at radius 2 is 2.08 bits per heavy atom. The molecule has 0 aliphatic rings. The fourth-order valence-corrected chi connectivity index (χ4v) is 2.78. The lowest BCUT2D eigenvalue weighted by Crippen LogP contribution is -2.40. The van der Waals surface area contributed by atoms with Gasteiger partial charge < -0.3 is 19.5 Å². The van der Waals surface area contributed by atoms with Gasteiger partial charge in [-0.15, -0.1) is 0 Å². The van der Waals surface area contributed by atoms with Crippen LogP contribution in [-0.2, 0) is 0 Å². The summed E-state index contributed by atoms with van der Waals surface area (Å²) in [6.07, 6.45) is 1.65. The van der Waals surface area contributed by atoms with Gasteiger partial charge in [0.1, 0.15) is 11.6 Å². The predicted octanol–water partition coefficient (Wildman–Crippen LogP) is 4.39. The summed E-state index contributed by atoms with van der Waals surface area (Å²) in [6.45, 7) is 3.58. The number of furan rings is 1. The molecule has 1 aromatic carbocycles. The van der Waals surface area contributed by atoms with Gasteiger partial charge in [0, 0.05) is 18.8 Å². The van der Waals surface area contributed by atoms with E-state index in [4.69, 9.17) is 28.2 Å². The van der Waals surface area contributed by atoms with Crippen molar-refractivity contribution in [2.75, 3.05) is 32.5 Å². The Labute approximate surface area is 152 Å². The first-order valence-electron chi connectivity index (χ1n) is 7.59. The van der Waals surface area contributed by atoms with Gasteiger partial charge in [0.15, 0.2) is 5.11 Å². The van der Waals surface area contributed by atoms with Crippen LogP contribution in [0.2, 0.25) is 5.02 Å². The topological polar surface area (TPSA) is 31.7 Å². The quantitative estimate of drug-likeness (QED) is 0.763. The molecule has 0 unspecified atom stereocenters. The molecule has 2 aromatic rings. The van der Waals surface area contributed by atoms with E-state index in [2.05, 4.69) is 10.2 Å². The average molecular weight is 370 g/mol.